The molecule has 2 N–H and O–H groups in total. The quantitative estimate of drug-likeness (QED) is 0.870. The SMILES string of the molecule is C[C@H]1OCC[C@@]1(O)CNC1CCN(Cc2ccccc2)CC1. The molecule has 2 fully saturated rings. The van der Waals surface area contributed by atoms with Gasteiger partial charge in [0, 0.05) is 32.2 Å². The lowest BCUT2D eigenvalue weighted by Crippen LogP contribution is -2.51. The normalized spacial score (nSPS) is 30.7. The van der Waals surface area contributed by atoms with Crippen LogP contribution in [0.25, 0.3) is 0 Å². The number of piperidine rings is 1. The Bertz CT molecular complexity index is 459. The molecule has 0 radical (unpaired) electrons. The summed E-state index contributed by atoms with van der Waals surface area (Å²) in [5.41, 5.74) is 0.710. The summed E-state index contributed by atoms with van der Waals surface area (Å²) in [6, 6.07) is 11.2. The maximum absolute atomic E-state index is 10.5. The van der Waals surface area contributed by atoms with Gasteiger partial charge in [0.15, 0.2) is 0 Å². The van der Waals surface area contributed by atoms with E-state index in [0.29, 0.717) is 19.2 Å². The van der Waals surface area contributed by atoms with Crippen LogP contribution >= 0.6 is 0 Å². The highest BCUT2D eigenvalue weighted by atomic mass is 16.5. The molecule has 4 nitrogen and oxygen atoms in total. The third kappa shape index (κ3) is 3.87. The van der Waals surface area contributed by atoms with Crippen molar-refractivity contribution in [3.63, 3.8) is 0 Å². The Morgan fingerprint density at radius 3 is 2.64 bits per heavy atom. The van der Waals surface area contributed by atoms with Gasteiger partial charge in [-0.05, 0) is 38.4 Å². The van der Waals surface area contributed by atoms with Gasteiger partial charge in [0.2, 0.25) is 0 Å². The summed E-state index contributed by atoms with van der Waals surface area (Å²) >= 11 is 0. The van der Waals surface area contributed by atoms with E-state index < -0.39 is 5.60 Å². The lowest BCUT2D eigenvalue weighted by Gasteiger charge is -2.35. The van der Waals surface area contributed by atoms with E-state index in [2.05, 4.69) is 40.5 Å². The molecule has 2 saturated heterocycles. The molecule has 0 amide bonds. The second-order valence-electron chi connectivity index (χ2n) is 6.78. The van der Waals surface area contributed by atoms with E-state index in [-0.39, 0.29) is 6.10 Å². The first-order valence-electron chi connectivity index (χ1n) is 8.49. The summed E-state index contributed by atoms with van der Waals surface area (Å²) in [5.74, 6) is 0. The van der Waals surface area contributed by atoms with Crippen LogP contribution in [0.15, 0.2) is 30.3 Å². The first kappa shape index (κ1) is 15.9. The number of likely N-dealkylation sites (tertiary alicyclic amines) is 1. The number of hydrogen-bond donors (Lipinski definition) is 2. The summed E-state index contributed by atoms with van der Waals surface area (Å²) in [4.78, 5) is 2.52. The van der Waals surface area contributed by atoms with Gasteiger partial charge in [-0.15, -0.1) is 0 Å². The van der Waals surface area contributed by atoms with Gasteiger partial charge in [-0.1, -0.05) is 30.3 Å². The van der Waals surface area contributed by atoms with E-state index >= 15 is 0 Å². The van der Waals surface area contributed by atoms with Crippen molar-refractivity contribution >= 4 is 0 Å². The highest BCUT2D eigenvalue weighted by Gasteiger charge is 2.39. The van der Waals surface area contributed by atoms with Crippen LogP contribution in [0.2, 0.25) is 0 Å². The average Bonchev–Trinajstić information content (AvgIpc) is 2.87. The number of rotatable bonds is 5. The number of nitrogens with one attached hydrogen (secondary N) is 1. The maximum Gasteiger partial charge on any atom is 0.105 e. The summed E-state index contributed by atoms with van der Waals surface area (Å²) in [6.07, 6.45) is 2.99. The molecule has 0 bridgehead atoms. The fraction of sp³-hybridized carbons (Fsp3) is 0.667. The zero-order valence-electron chi connectivity index (χ0n) is 13.5. The van der Waals surface area contributed by atoms with E-state index in [1.165, 1.54) is 5.56 Å². The van der Waals surface area contributed by atoms with Gasteiger partial charge >= 0.3 is 0 Å². The predicted molar refractivity (Wildman–Crippen MR) is 87.7 cm³/mol. The number of nitrogens with zero attached hydrogens (tertiary/aromatic N) is 1. The molecule has 2 heterocycles. The van der Waals surface area contributed by atoms with Gasteiger partial charge in [0.05, 0.1) is 6.10 Å². The molecule has 1 aromatic rings. The number of aliphatic hydroxyl groups is 1. The highest BCUT2D eigenvalue weighted by molar-refractivity contribution is 5.14. The van der Waals surface area contributed by atoms with Gasteiger partial charge in [-0.3, -0.25) is 4.90 Å². The molecule has 22 heavy (non-hydrogen) atoms. The van der Waals surface area contributed by atoms with Crippen LogP contribution in [0.1, 0.15) is 31.7 Å². The molecule has 122 valence electrons. The first-order chi connectivity index (χ1) is 10.7. The molecule has 0 spiro atoms. The van der Waals surface area contributed by atoms with Crippen molar-refractivity contribution < 1.29 is 9.84 Å². The molecule has 4 heteroatoms. The lowest BCUT2D eigenvalue weighted by atomic mass is 9.95. The minimum atomic E-state index is -0.679. The van der Waals surface area contributed by atoms with Gasteiger partial charge in [-0.2, -0.15) is 0 Å². The Morgan fingerprint density at radius 2 is 2.00 bits per heavy atom. The van der Waals surface area contributed by atoms with E-state index in [1.807, 2.05) is 6.92 Å². The first-order valence-corrected chi connectivity index (χ1v) is 8.49. The molecule has 2 aliphatic rings. The highest BCUT2D eigenvalue weighted by Crippen LogP contribution is 2.25. The molecule has 3 rings (SSSR count). The van der Waals surface area contributed by atoms with Crippen molar-refractivity contribution in [1.29, 1.82) is 0 Å². The molecule has 0 aliphatic carbocycles. The van der Waals surface area contributed by atoms with Crippen LogP contribution in [-0.2, 0) is 11.3 Å². The standard InChI is InChI=1S/C18H28N2O2/c1-15-18(21,9-12-22-15)14-19-17-7-10-20(11-8-17)13-16-5-3-2-4-6-16/h2-6,15,17,19,21H,7-14H2,1H3/t15-,18-/m1/s1. The van der Waals surface area contributed by atoms with Gasteiger partial charge in [0.1, 0.15) is 5.60 Å². The third-order valence-electron chi connectivity index (χ3n) is 5.19. The van der Waals surface area contributed by atoms with Crippen molar-refractivity contribution in [3.8, 4) is 0 Å². The van der Waals surface area contributed by atoms with Gasteiger partial charge < -0.3 is 15.2 Å². The topological polar surface area (TPSA) is 44.7 Å². The Morgan fingerprint density at radius 1 is 1.27 bits per heavy atom. The maximum atomic E-state index is 10.5. The molecule has 2 aliphatic heterocycles. The number of benzene rings is 1. The third-order valence-corrected chi connectivity index (χ3v) is 5.19. The van der Waals surface area contributed by atoms with Crippen LogP contribution in [0.5, 0.6) is 0 Å². The monoisotopic (exact) mass is 304 g/mol. The van der Waals surface area contributed by atoms with Crippen LogP contribution in [0, 0.1) is 0 Å². The zero-order chi connectivity index (χ0) is 15.4. The Kier molecular flexibility index (Phi) is 5.14. The van der Waals surface area contributed by atoms with Gasteiger partial charge in [0.25, 0.3) is 0 Å². The lowest BCUT2D eigenvalue weighted by molar-refractivity contribution is -0.0288. The summed E-state index contributed by atoms with van der Waals surface area (Å²) < 4.78 is 5.49. The summed E-state index contributed by atoms with van der Waals surface area (Å²) in [6.45, 7) is 6.58. The van der Waals surface area contributed by atoms with Crippen molar-refractivity contribution in [2.24, 2.45) is 0 Å². The van der Waals surface area contributed by atoms with Crippen molar-refractivity contribution in [3.05, 3.63) is 35.9 Å². The molecule has 0 aromatic heterocycles. The number of hydrogen-bond acceptors (Lipinski definition) is 4. The molecule has 0 saturated carbocycles. The summed E-state index contributed by atoms with van der Waals surface area (Å²) in [5, 5.41) is 14.1. The van der Waals surface area contributed by atoms with Crippen molar-refractivity contribution in [2.75, 3.05) is 26.2 Å². The number of ether oxygens (including phenoxy) is 1. The van der Waals surface area contributed by atoms with Crippen LogP contribution in [-0.4, -0.2) is 54.0 Å². The second-order valence-corrected chi connectivity index (χ2v) is 6.78. The molecule has 2 atom stereocenters. The van der Waals surface area contributed by atoms with E-state index in [9.17, 15) is 5.11 Å². The van der Waals surface area contributed by atoms with Crippen LogP contribution < -0.4 is 5.32 Å². The fourth-order valence-electron chi connectivity index (χ4n) is 3.46. The van der Waals surface area contributed by atoms with Gasteiger partial charge in [-0.25, -0.2) is 0 Å². The largest absolute Gasteiger partial charge is 0.386 e. The molecular weight excluding hydrogens is 276 g/mol. The predicted octanol–water partition coefficient (Wildman–Crippen LogP) is 1.78. The van der Waals surface area contributed by atoms with Crippen molar-refractivity contribution in [1.82, 2.24) is 10.2 Å². The van der Waals surface area contributed by atoms with E-state index in [4.69, 9.17) is 4.74 Å². The van der Waals surface area contributed by atoms with Crippen molar-refractivity contribution in [2.45, 2.75) is 50.5 Å². The van der Waals surface area contributed by atoms with Crippen LogP contribution in [0.3, 0.4) is 0 Å². The van der Waals surface area contributed by atoms with E-state index in [0.717, 1.165) is 38.9 Å². The Labute approximate surface area is 133 Å². The Balaban J connectivity index is 1.40. The summed E-state index contributed by atoms with van der Waals surface area (Å²) in [7, 11) is 0. The zero-order valence-corrected chi connectivity index (χ0v) is 13.5. The smallest absolute Gasteiger partial charge is 0.105 e. The van der Waals surface area contributed by atoms with Crippen LogP contribution in [0.4, 0.5) is 0 Å². The minimum Gasteiger partial charge on any atom is -0.386 e. The van der Waals surface area contributed by atoms with E-state index in [1.54, 1.807) is 0 Å². The average molecular weight is 304 g/mol. The molecule has 0 unspecified atom stereocenters. The molecular formula is C18H28N2O2. The Hall–Kier alpha value is -0.940. The minimum absolute atomic E-state index is 0.0573. The fourth-order valence-corrected chi connectivity index (χ4v) is 3.46. The molecule has 1 aromatic carbocycles. The second kappa shape index (κ2) is 7.09.